The molecule has 0 bridgehead atoms. The van der Waals surface area contributed by atoms with Crippen LogP contribution in [0.15, 0.2) is 0 Å². The highest BCUT2D eigenvalue weighted by molar-refractivity contribution is 7.47. The molecule has 0 aromatic carbocycles. The van der Waals surface area contributed by atoms with Gasteiger partial charge in [0.15, 0.2) is 12.2 Å². The van der Waals surface area contributed by atoms with E-state index in [1.807, 2.05) is 0 Å². The molecule has 0 radical (unpaired) electrons. The van der Waals surface area contributed by atoms with Crippen LogP contribution in [-0.2, 0) is 65.4 Å². The standard InChI is InChI=1S/C74H144O17P2/c1-64(2)50-42-34-26-18-12-9-10-14-22-32-40-48-56-73(78)90-69(60-84-71(76)54-46-38-30-21-15-11-13-19-27-35-43-51-65(3)4)62-88-92(80,81)86-58-68(75)59-87-93(82,83)89-63-70(61-85-72(77)55-47-39-31-25-24-29-37-45-53-67(7)8)91-74(79)57-49-41-33-23-17-16-20-28-36-44-52-66(5)6/h64-70,75H,9-63H2,1-8H3,(H,80,81)(H,82,83)/t68?,69-,70-/m1/s1. The van der Waals surface area contributed by atoms with Crippen molar-refractivity contribution in [3.05, 3.63) is 0 Å². The fraction of sp³-hybridized carbons (Fsp3) is 0.946. The Labute approximate surface area is 568 Å². The van der Waals surface area contributed by atoms with E-state index in [4.69, 9.17) is 37.0 Å². The van der Waals surface area contributed by atoms with Gasteiger partial charge in [-0.1, -0.05) is 319 Å². The predicted molar refractivity (Wildman–Crippen MR) is 377 cm³/mol. The summed E-state index contributed by atoms with van der Waals surface area (Å²) in [5, 5.41) is 10.6. The number of esters is 4. The molecule has 0 aromatic heterocycles. The van der Waals surface area contributed by atoms with E-state index in [1.54, 1.807) is 0 Å². The molecule has 19 heteroatoms. The number of ether oxygens (including phenoxy) is 4. The van der Waals surface area contributed by atoms with Crippen LogP contribution in [0, 0.1) is 23.7 Å². The first-order valence-electron chi connectivity index (χ1n) is 38.2. The van der Waals surface area contributed by atoms with Gasteiger partial charge in [-0.3, -0.25) is 37.3 Å². The van der Waals surface area contributed by atoms with Crippen LogP contribution in [0.2, 0.25) is 0 Å². The lowest BCUT2D eigenvalue weighted by Crippen LogP contribution is -2.30. The minimum Gasteiger partial charge on any atom is -0.462 e. The van der Waals surface area contributed by atoms with Crippen LogP contribution >= 0.6 is 15.6 Å². The lowest BCUT2D eigenvalue weighted by Gasteiger charge is -2.21. The zero-order valence-corrected chi connectivity index (χ0v) is 62.7. The smallest absolute Gasteiger partial charge is 0.462 e. The minimum atomic E-state index is -4.96. The summed E-state index contributed by atoms with van der Waals surface area (Å²) in [6.07, 6.45) is 47.1. The van der Waals surface area contributed by atoms with Crippen LogP contribution in [0.5, 0.6) is 0 Å². The van der Waals surface area contributed by atoms with E-state index in [0.29, 0.717) is 25.7 Å². The first-order valence-corrected chi connectivity index (χ1v) is 41.2. The summed E-state index contributed by atoms with van der Waals surface area (Å²) < 4.78 is 68.5. The summed E-state index contributed by atoms with van der Waals surface area (Å²) in [4.78, 5) is 72.7. The molecule has 0 rings (SSSR count). The van der Waals surface area contributed by atoms with Gasteiger partial charge in [0.25, 0.3) is 0 Å². The van der Waals surface area contributed by atoms with Crippen molar-refractivity contribution in [3.63, 3.8) is 0 Å². The van der Waals surface area contributed by atoms with Gasteiger partial charge in [-0.2, -0.15) is 0 Å². The number of carbonyl (C=O) groups excluding carboxylic acids is 4. The van der Waals surface area contributed by atoms with Crippen molar-refractivity contribution < 1.29 is 80.2 Å². The molecule has 0 heterocycles. The fourth-order valence-electron chi connectivity index (χ4n) is 11.2. The van der Waals surface area contributed by atoms with Crippen LogP contribution < -0.4 is 0 Å². The Balaban J connectivity index is 5.27. The molecule has 0 aliphatic heterocycles. The van der Waals surface area contributed by atoms with Crippen LogP contribution in [0.1, 0.15) is 370 Å². The molecule has 0 spiro atoms. The molecular formula is C74H144O17P2. The number of unbranched alkanes of at least 4 members (excludes halogenated alkanes) is 37. The average molecular weight is 1370 g/mol. The lowest BCUT2D eigenvalue weighted by molar-refractivity contribution is -0.161. The molecule has 0 amide bonds. The zero-order chi connectivity index (χ0) is 68.9. The SMILES string of the molecule is CC(C)CCCCCCCCCCCCCCC(=O)O[C@H](COC(=O)CCCCCCCCCCCCCC(C)C)COP(=O)(O)OCC(O)COP(=O)(O)OC[C@@H](COC(=O)CCCCCCCCCCC(C)C)OC(=O)CCCCCCCCCCCCC(C)C. The molecular weight excluding hydrogens is 1220 g/mol. The Kier molecular flexibility index (Phi) is 62.2. The molecule has 3 N–H and O–H groups in total. The number of aliphatic hydroxyl groups excluding tert-OH is 1. The number of phosphoric ester groups is 2. The van der Waals surface area contributed by atoms with E-state index in [1.165, 1.54) is 173 Å². The monoisotopic (exact) mass is 1370 g/mol. The molecule has 0 saturated carbocycles. The lowest BCUT2D eigenvalue weighted by atomic mass is 10.0. The van der Waals surface area contributed by atoms with Gasteiger partial charge in [-0.05, 0) is 49.4 Å². The first-order chi connectivity index (χ1) is 44.6. The number of carbonyl (C=O) groups is 4. The molecule has 5 atom stereocenters. The van der Waals surface area contributed by atoms with Crippen LogP contribution in [0.25, 0.3) is 0 Å². The van der Waals surface area contributed by atoms with Gasteiger partial charge < -0.3 is 33.8 Å². The van der Waals surface area contributed by atoms with E-state index in [0.717, 1.165) is 114 Å². The molecule has 3 unspecified atom stereocenters. The Morgan fingerprint density at radius 2 is 0.452 bits per heavy atom. The quantitative estimate of drug-likeness (QED) is 0.0222. The number of hydrogen-bond acceptors (Lipinski definition) is 15. The Bertz CT molecular complexity index is 1830. The van der Waals surface area contributed by atoms with Crippen molar-refractivity contribution in [3.8, 4) is 0 Å². The van der Waals surface area contributed by atoms with Crippen LogP contribution in [-0.4, -0.2) is 96.7 Å². The number of aliphatic hydroxyl groups is 1. The van der Waals surface area contributed by atoms with Gasteiger partial charge in [0, 0.05) is 25.7 Å². The number of hydrogen-bond donors (Lipinski definition) is 3. The first kappa shape index (κ1) is 91.1. The second-order valence-corrected chi connectivity index (χ2v) is 31.5. The van der Waals surface area contributed by atoms with Gasteiger partial charge in [-0.25, -0.2) is 9.13 Å². The van der Waals surface area contributed by atoms with Crippen LogP contribution in [0.4, 0.5) is 0 Å². The third-order valence-corrected chi connectivity index (χ3v) is 19.0. The van der Waals surface area contributed by atoms with Crippen molar-refractivity contribution in [2.45, 2.75) is 388 Å². The molecule has 552 valence electrons. The number of phosphoric acid groups is 2. The van der Waals surface area contributed by atoms with Crippen molar-refractivity contribution >= 4 is 39.5 Å². The van der Waals surface area contributed by atoms with Gasteiger partial charge in [0.1, 0.15) is 19.3 Å². The third-order valence-electron chi connectivity index (χ3n) is 17.1. The summed E-state index contributed by atoms with van der Waals surface area (Å²) in [6, 6.07) is 0. The normalized spacial score (nSPS) is 14.2. The third kappa shape index (κ3) is 68.4. The van der Waals surface area contributed by atoms with Crippen molar-refractivity contribution in [1.82, 2.24) is 0 Å². The Hall–Kier alpha value is -1.94. The maximum absolute atomic E-state index is 13.1. The molecule has 0 fully saturated rings. The van der Waals surface area contributed by atoms with Gasteiger partial charge in [0.2, 0.25) is 0 Å². The van der Waals surface area contributed by atoms with Crippen molar-refractivity contribution in [1.29, 1.82) is 0 Å². The summed E-state index contributed by atoms with van der Waals surface area (Å²) in [6.45, 7) is 14.2. The zero-order valence-electron chi connectivity index (χ0n) is 60.9. The molecule has 17 nitrogen and oxygen atoms in total. The second-order valence-electron chi connectivity index (χ2n) is 28.6. The van der Waals surface area contributed by atoms with E-state index in [9.17, 15) is 43.2 Å². The predicted octanol–water partition coefficient (Wildman–Crippen LogP) is 21.3. The summed E-state index contributed by atoms with van der Waals surface area (Å²) in [5.74, 6) is 0.903. The average Bonchev–Trinajstić information content (AvgIpc) is 2.92. The molecule has 0 aliphatic rings. The Morgan fingerprint density at radius 1 is 0.269 bits per heavy atom. The van der Waals surface area contributed by atoms with Crippen molar-refractivity contribution in [2.75, 3.05) is 39.6 Å². The number of rotatable bonds is 71. The van der Waals surface area contributed by atoms with E-state index in [-0.39, 0.29) is 25.7 Å². The fourth-order valence-corrected chi connectivity index (χ4v) is 12.8. The summed E-state index contributed by atoms with van der Waals surface area (Å²) >= 11 is 0. The summed E-state index contributed by atoms with van der Waals surface area (Å²) in [7, 11) is -9.91. The van der Waals surface area contributed by atoms with Crippen molar-refractivity contribution in [2.24, 2.45) is 23.7 Å². The largest absolute Gasteiger partial charge is 0.472 e. The second kappa shape index (κ2) is 63.5. The van der Waals surface area contributed by atoms with E-state index >= 15 is 0 Å². The highest BCUT2D eigenvalue weighted by Crippen LogP contribution is 2.45. The highest BCUT2D eigenvalue weighted by Gasteiger charge is 2.30. The van der Waals surface area contributed by atoms with E-state index in [2.05, 4.69) is 55.4 Å². The van der Waals surface area contributed by atoms with E-state index < -0.39 is 97.5 Å². The molecule has 0 saturated heterocycles. The van der Waals surface area contributed by atoms with Gasteiger partial charge in [-0.15, -0.1) is 0 Å². The van der Waals surface area contributed by atoms with Gasteiger partial charge >= 0.3 is 39.5 Å². The Morgan fingerprint density at radius 3 is 0.667 bits per heavy atom. The topological polar surface area (TPSA) is 237 Å². The highest BCUT2D eigenvalue weighted by atomic mass is 31.2. The molecule has 0 aromatic rings. The molecule has 93 heavy (non-hydrogen) atoms. The summed E-state index contributed by atoms with van der Waals surface area (Å²) in [5.41, 5.74) is 0. The minimum absolute atomic E-state index is 0.105. The maximum Gasteiger partial charge on any atom is 0.472 e. The molecule has 0 aliphatic carbocycles. The van der Waals surface area contributed by atoms with Gasteiger partial charge in [0.05, 0.1) is 26.4 Å². The van der Waals surface area contributed by atoms with Crippen LogP contribution in [0.3, 0.4) is 0 Å². The maximum atomic E-state index is 13.1.